The van der Waals surface area contributed by atoms with Crippen LogP contribution in [0.4, 0.5) is 10.8 Å². The number of nitrogens with zero attached hydrogens (tertiary/aromatic N) is 4. The van der Waals surface area contributed by atoms with Gasteiger partial charge < -0.3 is 10.2 Å². The van der Waals surface area contributed by atoms with Gasteiger partial charge in [0.15, 0.2) is 0 Å². The lowest BCUT2D eigenvalue weighted by molar-refractivity contribution is -0.122. The summed E-state index contributed by atoms with van der Waals surface area (Å²) in [6.07, 6.45) is 2.56. The first-order chi connectivity index (χ1) is 15.3. The zero-order chi connectivity index (χ0) is 22.9. The molecule has 3 heterocycles. The fourth-order valence-corrected chi connectivity index (χ4v) is 6.11. The molecule has 11 heteroatoms. The van der Waals surface area contributed by atoms with E-state index in [2.05, 4.69) is 22.4 Å². The highest BCUT2D eigenvalue weighted by Crippen LogP contribution is 2.29. The van der Waals surface area contributed by atoms with E-state index in [-0.39, 0.29) is 29.7 Å². The Kier molecular flexibility index (Phi) is 6.59. The van der Waals surface area contributed by atoms with Crippen LogP contribution < -0.4 is 10.2 Å². The third-order valence-corrected chi connectivity index (χ3v) is 8.92. The lowest BCUT2D eigenvalue weighted by Gasteiger charge is -2.29. The molecule has 1 atom stereocenters. The Morgan fingerprint density at radius 3 is 2.50 bits per heavy atom. The van der Waals surface area contributed by atoms with Crippen LogP contribution in [0.2, 0.25) is 0 Å². The first-order valence-corrected chi connectivity index (χ1v) is 13.1. The Balaban J connectivity index is 1.41. The summed E-state index contributed by atoms with van der Waals surface area (Å²) in [5, 5.41) is 11.9. The van der Waals surface area contributed by atoms with Gasteiger partial charge in [0.2, 0.25) is 27.0 Å². The van der Waals surface area contributed by atoms with Gasteiger partial charge in [-0.15, -0.1) is 10.2 Å². The highest BCUT2D eigenvalue weighted by molar-refractivity contribution is 7.89. The van der Waals surface area contributed by atoms with Crippen LogP contribution in [0, 0.1) is 11.8 Å². The zero-order valence-electron chi connectivity index (χ0n) is 18.2. The van der Waals surface area contributed by atoms with Crippen LogP contribution in [0.15, 0.2) is 29.2 Å². The van der Waals surface area contributed by atoms with Gasteiger partial charge in [-0.25, -0.2) is 8.42 Å². The number of carbonyl (C=O) groups excluding carboxylic acids is 2. The fraction of sp³-hybridized carbons (Fsp3) is 0.524. The van der Waals surface area contributed by atoms with Crippen LogP contribution in [0.25, 0.3) is 0 Å². The number of piperidine rings is 1. The molecule has 0 aliphatic carbocycles. The molecular weight excluding hydrogens is 450 g/mol. The van der Waals surface area contributed by atoms with Crippen LogP contribution in [-0.4, -0.2) is 54.4 Å². The lowest BCUT2D eigenvalue weighted by Crippen LogP contribution is -2.37. The topological polar surface area (TPSA) is 113 Å². The van der Waals surface area contributed by atoms with Gasteiger partial charge in [0.25, 0.3) is 0 Å². The number of amides is 2. The summed E-state index contributed by atoms with van der Waals surface area (Å²) in [6.45, 7) is 5.39. The molecule has 2 saturated heterocycles. The summed E-state index contributed by atoms with van der Waals surface area (Å²) in [5.74, 6) is -0.401. The fourth-order valence-electron chi connectivity index (χ4n) is 3.96. The molecule has 172 valence electrons. The van der Waals surface area contributed by atoms with Crippen molar-refractivity contribution in [1.82, 2.24) is 14.5 Å². The minimum atomic E-state index is -3.54. The number of aromatic nitrogens is 2. The van der Waals surface area contributed by atoms with Crippen LogP contribution in [-0.2, 0) is 26.0 Å². The van der Waals surface area contributed by atoms with Crippen molar-refractivity contribution >= 4 is 44.0 Å². The average molecular weight is 478 g/mol. The van der Waals surface area contributed by atoms with Crippen molar-refractivity contribution in [3.05, 3.63) is 29.3 Å². The quantitative estimate of drug-likeness (QED) is 0.684. The highest BCUT2D eigenvalue weighted by Gasteiger charge is 2.36. The van der Waals surface area contributed by atoms with Gasteiger partial charge in [-0.2, -0.15) is 4.31 Å². The predicted molar refractivity (Wildman–Crippen MR) is 122 cm³/mol. The van der Waals surface area contributed by atoms with Gasteiger partial charge in [0, 0.05) is 31.7 Å². The van der Waals surface area contributed by atoms with Crippen LogP contribution in [0.5, 0.6) is 0 Å². The molecule has 1 N–H and O–H groups in total. The molecule has 4 rings (SSSR count). The summed E-state index contributed by atoms with van der Waals surface area (Å²) in [5.41, 5.74) is 0.584. The van der Waals surface area contributed by atoms with E-state index < -0.39 is 15.9 Å². The maximum absolute atomic E-state index is 12.9. The molecule has 1 unspecified atom stereocenters. The van der Waals surface area contributed by atoms with Crippen molar-refractivity contribution < 1.29 is 18.0 Å². The van der Waals surface area contributed by atoms with E-state index in [1.165, 1.54) is 32.7 Å². The number of benzene rings is 1. The molecule has 32 heavy (non-hydrogen) atoms. The van der Waals surface area contributed by atoms with Gasteiger partial charge in [0.1, 0.15) is 5.01 Å². The second-order valence-corrected chi connectivity index (χ2v) is 11.3. The zero-order valence-corrected chi connectivity index (χ0v) is 19.8. The van der Waals surface area contributed by atoms with E-state index in [1.807, 2.05) is 6.92 Å². The minimum Gasteiger partial charge on any atom is -0.312 e. The van der Waals surface area contributed by atoms with Crippen LogP contribution in [0.3, 0.4) is 0 Å². The van der Waals surface area contributed by atoms with E-state index in [9.17, 15) is 18.0 Å². The van der Waals surface area contributed by atoms with Crippen molar-refractivity contribution in [2.24, 2.45) is 11.8 Å². The Bertz CT molecular complexity index is 1090. The molecule has 2 aliphatic rings. The maximum Gasteiger partial charge on any atom is 0.243 e. The Labute approximate surface area is 191 Å². The Hall–Kier alpha value is -2.37. The number of rotatable bonds is 6. The average Bonchev–Trinajstić information content (AvgIpc) is 3.40. The second kappa shape index (κ2) is 9.24. The van der Waals surface area contributed by atoms with Crippen LogP contribution >= 0.6 is 11.3 Å². The van der Waals surface area contributed by atoms with E-state index in [4.69, 9.17) is 0 Å². The third kappa shape index (κ3) is 4.69. The number of hydrogen-bond acceptors (Lipinski definition) is 7. The Morgan fingerprint density at radius 2 is 1.88 bits per heavy atom. The summed E-state index contributed by atoms with van der Waals surface area (Å²) in [6, 6.07) is 6.35. The molecule has 0 bridgehead atoms. The molecule has 1 aromatic heterocycles. The molecule has 2 aromatic rings. The standard InChI is InChI=1S/C21H27N5O4S2/c1-3-18-23-24-21(31-18)22-20(28)15-12-19(27)26(13-15)16-4-6-17(7-5-16)32(29,30)25-10-8-14(2)9-11-25/h4-7,14-15H,3,8-13H2,1-2H3,(H,22,24,28). The summed E-state index contributed by atoms with van der Waals surface area (Å²) in [7, 11) is -3.54. The number of anilines is 2. The number of carbonyl (C=O) groups is 2. The maximum atomic E-state index is 12.9. The minimum absolute atomic E-state index is 0.0945. The summed E-state index contributed by atoms with van der Waals surface area (Å²) >= 11 is 1.32. The first kappa shape index (κ1) is 22.8. The van der Waals surface area contributed by atoms with Crippen molar-refractivity contribution in [2.45, 2.75) is 44.4 Å². The Morgan fingerprint density at radius 1 is 1.19 bits per heavy atom. The molecule has 2 fully saturated rings. The number of hydrogen-bond donors (Lipinski definition) is 1. The first-order valence-electron chi connectivity index (χ1n) is 10.8. The molecule has 0 radical (unpaired) electrons. The van der Waals surface area contributed by atoms with Crippen molar-refractivity contribution in [2.75, 3.05) is 29.9 Å². The van der Waals surface area contributed by atoms with Crippen molar-refractivity contribution in [3.8, 4) is 0 Å². The highest BCUT2D eigenvalue weighted by atomic mass is 32.2. The summed E-state index contributed by atoms with van der Waals surface area (Å²) in [4.78, 5) is 26.9. The molecule has 9 nitrogen and oxygen atoms in total. The molecular formula is C21H27N5O4S2. The van der Waals surface area contributed by atoms with Gasteiger partial charge in [-0.1, -0.05) is 25.2 Å². The second-order valence-electron chi connectivity index (χ2n) is 8.33. The van der Waals surface area contributed by atoms with Gasteiger partial charge in [0.05, 0.1) is 10.8 Å². The summed E-state index contributed by atoms with van der Waals surface area (Å²) < 4.78 is 27.4. The third-order valence-electron chi connectivity index (χ3n) is 6.02. The van der Waals surface area contributed by atoms with Crippen molar-refractivity contribution in [3.63, 3.8) is 0 Å². The van der Waals surface area contributed by atoms with Crippen LogP contribution in [0.1, 0.15) is 38.1 Å². The molecule has 0 spiro atoms. The molecule has 1 aromatic carbocycles. The molecule has 0 saturated carbocycles. The number of aryl methyl sites for hydroxylation is 1. The smallest absolute Gasteiger partial charge is 0.243 e. The van der Waals surface area contributed by atoms with Crippen molar-refractivity contribution in [1.29, 1.82) is 0 Å². The number of sulfonamides is 1. The van der Waals surface area contributed by atoms with E-state index >= 15 is 0 Å². The van der Waals surface area contributed by atoms with Gasteiger partial charge in [-0.3, -0.25) is 9.59 Å². The lowest BCUT2D eigenvalue weighted by atomic mass is 10.0. The SMILES string of the molecule is CCc1nnc(NC(=O)C2CC(=O)N(c3ccc(S(=O)(=O)N4CCC(C)CC4)cc3)C2)s1. The van der Waals surface area contributed by atoms with Gasteiger partial charge >= 0.3 is 0 Å². The van der Waals surface area contributed by atoms with Gasteiger partial charge in [-0.05, 0) is 49.4 Å². The normalized spacial score (nSPS) is 20.6. The van der Waals surface area contributed by atoms with E-state index in [0.29, 0.717) is 29.8 Å². The molecule has 2 amide bonds. The van der Waals surface area contributed by atoms with E-state index in [1.54, 1.807) is 12.1 Å². The molecule has 2 aliphatic heterocycles. The largest absolute Gasteiger partial charge is 0.312 e. The van der Waals surface area contributed by atoms with E-state index in [0.717, 1.165) is 24.3 Å². The number of nitrogens with one attached hydrogen (secondary N) is 1. The monoisotopic (exact) mass is 477 g/mol. The predicted octanol–water partition coefficient (Wildman–Crippen LogP) is 2.51.